The third-order valence-corrected chi connectivity index (χ3v) is 7.78. The molecule has 1 aliphatic heterocycles. The highest BCUT2D eigenvalue weighted by molar-refractivity contribution is 7.89. The number of hydroxylamine groups is 1. The molecule has 1 saturated heterocycles. The van der Waals surface area contributed by atoms with E-state index in [4.69, 9.17) is 9.94 Å². The molecule has 4 rings (SSSR count). The van der Waals surface area contributed by atoms with Gasteiger partial charge >= 0.3 is 0 Å². The first-order chi connectivity index (χ1) is 16.3. The lowest BCUT2D eigenvalue weighted by atomic mass is 10.1. The van der Waals surface area contributed by atoms with Crippen LogP contribution in [0.5, 0.6) is 0 Å². The van der Waals surface area contributed by atoms with Gasteiger partial charge in [0.2, 0.25) is 0 Å². The summed E-state index contributed by atoms with van der Waals surface area (Å²) in [4.78, 5) is 22.2. The Morgan fingerprint density at radius 1 is 1.09 bits per heavy atom. The summed E-state index contributed by atoms with van der Waals surface area (Å²) in [5.74, 6) is -0.109. The van der Waals surface area contributed by atoms with Crippen molar-refractivity contribution >= 4 is 26.8 Å². The van der Waals surface area contributed by atoms with Crippen molar-refractivity contribution in [2.24, 2.45) is 0 Å². The summed E-state index contributed by atoms with van der Waals surface area (Å²) in [6, 6.07) is 14.1. The van der Waals surface area contributed by atoms with Crippen LogP contribution in [-0.4, -0.2) is 97.0 Å². The summed E-state index contributed by atoms with van der Waals surface area (Å²) in [5, 5.41) is 14.6. The molecule has 2 heterocycles. The Balaban J connectivity index is 1.56. The fraction of sp³-hybridized carbons (Fsp3) is 0.391. The summed E-state index contributed by atoms with van der Waals surface area (Å²) < 4.78 is 27.4. The molecule has 2 aromatic carbocycles. The minimum Gasteiger partial charge on any atom is -0.395 e. The van der Waals surface area contributed by atoms with Gasteiger partial charge in [-0.1, -0.05) is 34.8 Å². The number of β-amino-alcohol motifs (C(OH)–C–C–N with tert-alkyl or cyclic N) is 1. The van der Waals surface area contributed by atoms with Crippen molar-refractivity contribution in [1.82, 2.24) is 24.0 Å². The second-order valence-electron chi connectivity index (χ2n) is 8.12. The van der Waals surface area contributed by atoms with Crippen LogP contribution in [0.2, 0.25) is 0 Å². The predicted molar refractivity (Wildman–Crippen MR) is 127 cm³/mol. The lowest BCUT2D eigenvalue weighted by Gasteiger charge is -2.34. The van der Waals surface area contributed by atoms with E-state index >= 15 is 0 Å². The van der Waals surface area contributed by atoms with Crippen LogP contribution in [-0.2, 0) is 21.4 Å². The molecule has 3 aromatic rings. The number of aliphatic hydroxyl groups is 1. The van der Waals surface area contributed by atoms with Crippen LogP contribution in [0.1, 0.15) is 16.1 Å². The fourth-order valence-electron chi connectivity index (χ4n) is 4.06. The van der Waals surface area contributed by atoms with E-state index in [1.807, 2.05) is 24.3 Å². The van der Waals surface area contributed by atoms with Crippen molar-refractivity contribution in [2.75, 3.05) is 53.5 Å². The van der Waals surface area contributed by atoms with Crippen LogP contribution in [0.25, 0.3) is 10.9 Å². The lowest BCUT2D eigenvalue weighted by molar-refractivity contribution is -0.0258. The molecule has 0 radical (unpaired) electrons. The minimum absolute atomic E-state index is 0.109. The molecule has 11 heteroatoms. The molecule has 0 spiro atoms. The van der Waals surface area contributed by atoms with Gasteiger partial charge in [0, 0.05) is 45.2 Å². The number of piperazine rings is 1. The second-order valence-corrected chi connectivity index (χ2v) is 10.1. The number of carbonyl (C=O) groups excluding carboxylic acids is 1. The zero-order chi connectivity index (χ0) is 24.3. The Labute approximate surface area is 198 Å². The highest BCUT2D eigenvalue weighted by Crippen LogP contribution is 2.22. The molecule has 0 aliphatic carbocycles. The largest absolute Gasteiger partial charge is 0.395 e. The average molecular weight is 488 g/mol. The molecule has 1 fully saturated rings. The average Bonchev–Trinajstić information content (AvgIpc) is 3.22. The van der Waals surface area contributed by atoms with E-state index < -0.39 is 10.0 Å². The molecule has 1 N–H and O–H groups in total. The maximum absolute atomic E-state index is 13.3. The standard InChI is InChI=1S/C23H29N5O5S/c1-25(33-2)34(31,32)19-9-7-18(8-10-19)17-28-21-6-4-3-5-20(21)22(24-28)23(30)27-13-11-26(12-14-27)15-16-29/h3-10,29H,11-17H2,1-2H3. The van der Waals surface area contributed by atoms with Gasteiger partial charge in [-0.3, -0.25) is 19.2 Å². The van der Waals surface area contributed by atoms with Gasteiger partial charge in [-0.2, -0.15) is 5.10 Å². The fourth-order valence-corrected chi connectivity index (χ4v) is 5.03. The van der Waals surface area contributed by atoms with E-state index in [0.29, 0.717) is 31.9 Å². The number of sulfonamides is 1. The van der Waals surface area contributed by atoms with Crippen molar-refractivity contribution in [2.45, 2.75) is 11.4 Å². The number of hydrogen-bond acceptors (Lipinski definition) is 7. The van der Waals surface area contributed by atoms with Gasteiger partial charge in [0.15, 0.2) is 5.69 Å². The van der Waals surface area contributed by atoms with Gasteiger partial charge in [0.05, 0.1) is 30.7 Å². The molecule has 182 valence electrons. The molecule has 0 unspecified atom stereocenters. The Bertz CT molecular complexity index is 1250. The number of amides is 1. The maximum atomic E-state index is 13.3. The van der Waals surface area contributed by atoms with Crippen molar-refractivity contribution in [3.05, 3.63) is 59.8 Å². The number of aromatic nitrogens is 2. The lowest BCUT2D eigenvalue weighted by Crippen LogP contribution is -2.49. The van der Waals surface area contributed by atoms with Gasteiger partial charge in [0.1, 0.15) is 0 Å². The normalized spacial score (nSPS) is 15.4. The van der Waals surface area contributed by atoms with E-state index in [1.54, 1.807) is 21.7 Å². The number of carbonyl (C=O) groups is 1. The van der Waals surface area contributed by atoms with Crippen LogP contribution in [0.15, 0.2) is 53.4 Å². The van der Waals surface area contributed by atoms with Gasteiger partial charge in [0.25, 0.3) is 15.9 Å². The Morgan fingerprint density at radius 2 is 1.76 bits per heavy atom. The summed E-state index contributed by atoms with van der Waals surface area (Å²) in [6.45, 7) is 3.73. The number of benzene rings is 2. The molecule has 1 aromatic heterocycles. The summed E-state index contributed by atoms with van der Waals surface area (Å²) in [7, 11) is -1.09. The Hall–Kier alpha value is -2.83. The molecule has 0 atom stereocenters. The number of fused-ring (bicyclic) bond motifs is 1. The molecular formula is C23H29N5O5S. The van der Waals surface area contributed by atoms with E-state index in [0.717, 1.165) is 34.0 Å². The molecule has 10 nitrogen and oxygen atoms in total. The van der Waals surface area contributed by atoms with E-state index in [-0.39, 0.29) is 17.4 Å². The van der Waals surface area contributed by atoms with Crippen molar-refractivity contribution in [3.63, 3.8) is 0 Å². The van der Waals surface area contributed by atoms with Crippen molar-refractivity contribution in [1.29, 1.82) is 0 Å². The van der Waals surface area contributed by atoms with Crippen LogP contribution < -0.4 is 0 Å². The van der Waals surface area contributed by atoms with Gasteiger partial charge in [-0.05, 0) is 23.8 Å². The SMILES string of the molecule is CON(C)S(=O)(=O)c1ccc(Cn2nc(C(=O)N3CCN(CCO)CC3)c3ccccc32)cc1. The highest BCUT2D eigenvalue weighted by atomic mass is 32.2. The maximum Gasteiger partial charge on any atom is 0.275 e. The molecule has 1 aliphatic rings. The zero-order valence-electron chi connectivity index (χ0n) is 19.3. The van der Waals surface area contributed by atoms with Crippen molar-refractivity contribution < 1.29 is 23.2 Å². The van der Waals surface area contributed by atoms with E-state index in [2.05, 4.69) is 10.00 Å². The van der Waals surface area contributed by atoms with Crippen LogP contribution >= 0.6 is 0 Å². The zero-order valence-corrected chi connectivity index (χ0v) is 20.1. The second kappa shape index (κ2) is 10.2. The number of rotatable bonds is 8. The van der Waals surface area contributed by atoms with E-state index in [1.165, 1.54) is 26.3 Å². The van der Waals surface area contributed by atoms with Crippen LogP contribution in [0, 0.1) is 0 Å². The highest BCUT2D eigenvalue weighted by Gasteiger charge is 2.26. The van der Waals surface area contributed by atoms with E-state index in [9.17, 15) is 13.2 Å². The Morgan fingerprint density at radius 3 is 2.41 bits per heavy atom. The number of nitrogens with zero attached hydrogens (tertiary/aromatic N) is 5. The molecule has 34 heavy (non-hydrogen) atoms. The number of aliphatic hydroxyl groups excluding tert-OH is 1. The molecular weight excluding hydrogens is 458 g/mol. The third-order valence-electron chi connectivity index (χ3n) is 6.09. The first-order valence-corrected chi connectivity index (χ1v) is 12.5. The molecule has 0 bridgehead atoms. The quantitative estimate of drug-likeness (QED) is 0.473. The monoisotopic (exact) mass is 487 g/mol. The van der Waals surface area contributed by atoms with Gasteiger partial charge < -0.3 is 10.0 Å². The van der Waals surface area contributed by atoms with Crippen LogP contribution in [0.4, 0.5) is 0 Å². The molecule has 0 saturated carbocycles. The number of hydrogen-bond donors (Lipinski definition) is 1. The number of para-hydroxylation sites is 1. The van der Waals surface area contributed by atoms with Gasteiger partial charge in [-0.25, -0.2) is 8.42 Å². The smallest absolute Gasteiger partial charge is 0.275 e. The first-order valence-electron chi connectivity index (χ1n) is 11.0. The summed E-state index contributed by atoms with van der Waals surface area (Å²) >= 11 is 0. The topological polar surface area (TPSA) is 108 Å². The van der Waals surface area contributed by atoms with Crippen molar-refractivity contribution in [3.8, 4) is 0 Å². The van der Waals surface area contributed by atoms with Crippen LogP contribution in [0.3, 0.4) is 0 Å². The Kier molecular flexibility index (Phi) is 7.29. The third kappa shape index (κ3) is 4.84. The van der Waals surface area contributed by atoms with Gasteiger partial charge in [-0.15, -0.1) is 0 Å². The summed E-state index contributed by atoms with van der Waals surface area (Å²) in [5.41, 5.74) is 2.09. The predicted octanol–water partition coefficient (Wildman–Crippen LogP) is 1.02. The molecule has 1 amide bonds. The first kappa shape index (κ1) is 24.3. The summed E-state index contributed by atoms with van der Waals surface area (Å²) in [6.07, 6.45) is 0. The minimum atomic E-state index is -3.72.